The van der Waals surface area contributed by atoms with Gasteiger partial charge in [-0.05, 0) is 55.3 Å². The first-order chi connectivity index (χ1) is 13.0. The zero-order valence-corrected chi connectivity index (χ0v) is 15.7. The van der Waals surface area contributed by atoms with Crippen LogP contribution in [0.15, 0.2) is 64.6 Å². The first kappa shape index (κ1) is 18.5. The summed E-state index contributed by atoms with van der Waals surface area (Å²) in [6.45, 7) is 3.84. The highest BCUT2D eigenvalue weighted by atomic mass is 35.5. The minimum atomic E-state index is -0.480. The van der Waals surface area contributed by atoms with Crippen LogP contribution in [0.5, 0.6) is 0 Å². The fourth-order valence-electron chi connectivity index (χ4n) is 2.58. The molecule has 0 atom stereocenters. The summed E-state index contributed by atoms with van der Waals surface area (Å²) in [6.07, 6.45) is 1.43. The van der Waals surface area contributed by atoms with E-state index in [2.05, 4.69) is 5.32 Å². The Bertz CT molecular complexity index is 1070. The molecule has 1 N–H and O–H groups in total. The van der Waals surface area contributed by atoms with Gasteiger partial charge in [0.2, 0.25) is 0 Å². The summed E-state index contributed by atoms with van der Waals surface area (Å²) in [6, 6.07) is 18.4. The van der Waals surface area contributed by atoms with Crippen LogP contribution in [0, 0.1) is 25.2 Å². The van der Waals surface area contributed by atoms with E-state index in [0.29, 0.717) is 22.2 Å². The standard InChI is InChI=1S/C22H17ClN2O2/c1-14-6-7-15(2)20(10-14)25-22(26)17(13-24)12-19-8-9-21(27-19)16-4-3-5-18(23)11-16/h3-12H,1-2H3,(H,25,26)/b17-12+. The van der Waals surface area contributed by atoms with Gasteiger partial charge in [-0.3, -0.25) is 4.79 Å². The van der Waals surface area contributed by atoms with Crippen LogP contribution in [0.3, 0.4) is 0 Å². The molecule has 0 spiro atoms. The summed E-state index contributed by atoms with van der Waals surface area (Å²) in [5.74, 6) is 0.542. The number of anilines is 1. The molecule has 134 valence electrons. The molecule has 0 aliphatic carbocycles. The smallest absolute Gasteiger partial charge is 0.266 e. The normalized spacial score (nSPS) is 11.1. The van der Waals surface area contributed by atoms with Crippen LogP contribution in [0.4, 0.5) is 5.69 Å². The number of carbonyl (C=O) groups excluding carboxylic acids is 1. The second kappa shape index (κ2) is 7.94. The third kappa shape index (κ3) is 4.46. The maximum absolute atomic E-state index is 12.5. The van der Waals surface area contributed by atoms with Crippen molar-refractivity contribution in [2.75, 3.05) is 5.32 Å². The topological polar surface area (TPSA) is 66.0 Å². The molecule has 0 fully saturated rings. The van der Waals surface area contributed by atoms with Gasteiger partial charge in [-0.2, -0.15) is 5.26 Å². The first-order valence-electron chi connectivity index (χ1n) is 8.32. The number of rotatable bonds is 4. The number of nitriles is 1. The highest BCUT2D eigenvalue weighted by Gasteiger charge is 2.13. The van der Waals surface area contributed by atoms with Crippen LogP contribution in [0.2, 0.25) is 5.02 Å². The van der Waals surface area contributed by atoms with Crippen molar-refractivity contribution in [3.05, 3.63) is 82.1 Å². The SMILES string of the molecule is Cc1ccc(C)c(NC(=O)/C(C#N)=C/c2ccc(-c3cccc(Cl)c3)o2)c1. The molecule has 2 aromatic carbocycles. The van der Waals surface area contributed by atoms with E-state index in [9.17, 15) is 10.1 Å². The van der Waals surface area contributed by atoms with E-state index >= 15 is 0 Å². The minimum Gasteiger partial charge on any atom is -0.457 e. The Balaban J connectivity index is 1.83. The van der Waals surface area contributed by atoms with Crippen LogP contribution in [0.1, 0.15) is 16.9 Å². The van der Waals surface area contributed by atoms with Crippen molar-refractivity contribution in [3.8, 4) is 17.4 Å². The summed E-state index contributed by atoms with van der Waals surface area (Å²) >= 11 is 6.00. The van der Waals surface area contributed by atoms with E-state index in [4.69, 9.17) is 16.0 Å². The summed E-state index contributed by atoms with van der Waals surface area (Å²) in [5.41, 5.74) is 3.41. The van der Waals surface area contributed by atoms with Crippen LogP contribution in [-0.4, -0.2) is 5.91 Å². The Morgan fingerprint density at radius 1 is 1.15 bits per heavy atom. The van der Waals surface area contributed by atoms with E-state index in [0.717, 1.165) is 16.7 Å². The number of halogens is 1. The van der Waals surface area contributed by atoms with E-state index in [-0.39, 0.29) is 5.57 Å². The largest absolute Gasteiger partial charge is 0.457 e. The van der Waals surface area contributed by atoms with Gasteiger partial charge in [-0.1, -0.05) is 35.9 Å². The zero-order chi connectivity index (χ0) is 19.4. The molecule has 4 nitrogen and oxygen atoms in total. The number of nitrogens with zero attached hydrogens (tertiary/aromatic N) is 1. The van der Waals surface area contributed by atoms with Gasteiger partial charge in [0.1, 0.15) is 23.2 Å². The Kier molecular flexibility index (Phi) is 5.44. The lowest BCUT2D eigenvalue weighted by Gasteiger charge is -2.08. The number of hydrogen-bond donors (Lipinski definition) is 1. The van der Waals surface area contributed by atoms with Crippen LogP contribution in [-0.2, 0) is 4.79 Å². The molecule has 27 heavy (non-hydrogen) atoms. The van der Waals surface area contributed by atoms with Crippen molar-refractivity contribution in [2.45, 2.75) is 13.8 Å². The van der Waals surface area contributed by atoms with Gasteiger partial charge in [0, 0.05) is 22.3 Å². The number of aryl methyl sites for hydroxylation is 2. The maximum atomic E-state index is 12.5. The molecule has 5 heteroatoms. The highest BCUT2D eigenvalue weighted by molar-refractivity contribution is 6.30. The zero-order valence-electron chi connectivity index (χ0n) is 14.9. The second-order valence-corrected chi connectivity index (χ2v) is 6.59. The average molecular weight is 377 g/mol. The fourth-order valence-corrected chi connectivity index (χ4v) is 2.77. The van der Waals surface area contributed by atoms with Crippen LogP contribution in [0.25, 0.3) is 17.4 Å². The van der Waals surface area contributed by atoms with Crippen molar-refractivity contribution in [1.29, 1.82) is 5.26 Å². The van der Waals surface area contributed by atoms with E-state index in [1.54, 1.807) is 24.3 Å². The molecule has 0 saturated carbocycles. The lowest BCUT2D eigenvalue weighted by atomic mass is 10.1. The van der Waals surface area contributed by atoms with Crippen molar-refractivity contribution >= 4 is 29.3 Å². The van der Waals surface area contributed by atoms with Gasteiger partial charge in [0.25, 0.3) is 5.91 Å². The molecule has 0 radical (unpaired) electrons. The molecule has 0 bridgehead atoms. The number of amides is 1. The third-order valence-corrected chi connectivity index (χ3v) is 4.26. The quantitative estimate of drug-likeness (QED) is 0.464. The molecule has 1 amide bonds. The van der Waals surface area contributed by atoms with Gasteiger partial charge in [-0.25, -0.2) is 0 Å². The molecule has 0 aliphatic rings. The fraction of sp³-hybridized carbons (Fsp3) is 0.0909. The number of hydrogen-bond acceptors (Lipinski definition) is 3. The third-order valence-electron chi connectivity index (χ3n) is 4.03. The minimum absolute atomic E-state index is 0.0390. The van der Waals surface area contributed by atoms with Crippen molar-refractivity contribution in [1.82, 2.24) is 0 Å². The van der Waals surface area contributed by atoms with Gasteiger partial charge < -0.3 is 9.73 Å². The molecule has 0 aliphatic heterocycles. The lowest BCUT2D eigenvalue weighted by Crippen LogP contribution is -2.14. The molecule has 1 heterocycles. The molecule has 0 saturated heterocycles. The number of benzene rings is 2. The number of furan rings is 1. The van der Waals surface area contributed by atoms with Gasteiger partial charge in [-0.15, -0.1) is 0 Å². The Morgan fingerprint density at radius 2 is 1.96 bits per heavy atom. The van der Waals surface area contributed by atoms with Gasteiger partial charge in [0.05, 0.1) is 0 Å². The predicted molar refractivity (Wildman–Crippen MR) is 107 cm³/mol. The predicted octanol–water partition coefficient (Wildman–Crippen LogP) is 5.76. The molecule has 0 unspecified atom stereocenters. The van der Waals surface area contributed by atoms with Crippen LogP contribution < -0.4 is 5.32 Å². The first-order valence-corrected chi connectivity index (χ1v) is 8.70. The average Bonchev–Trinajstić information content (AvgIpc) is 3.11. The number of nitrogens with one attached hydrogen (secondary N) is 1. The Morgan fingerprint density at radius 3 is 2.70 bits per heavy atom. The van der Waals surface area contributed by atoms with E-state index in [1.807, 2.05) is 50.2 Å². The molecular weight excluding hydrogens is 360 g/mol. The van der Waals surface area contributed by atoms with Crippen molar-refractivity contribution in [3.63, 3.8) is 0 Å². The second-order valence-electron chi connectivity index (χ2n) is 6.15. The molecule has 3 aromatic rings. The van der Waals surface area contributed by atoms with Gasteiger partial charge >= 0.3 is 0 Å². The summed E-state index contributed by atoms with van der Waals surface area (Å²) < 4.78 is 5.73. The van der Waals surface area contributed by atoms with Crippen molar-refractivity contribution < 1.29 is 9.21 Å². The highest BCUT2D eigenvalue weighted by Crippen LogP contribution is 2.26. The maximum Gasteiger partial charge on any atom is 0.266 e. The molecule has 3 rings (SSSR count). The van der Waals surface area contributed by atoms with E-state index in [1.165, 1.54) is 6.08 Å². The summed E-state index contributed by atoms with van der Waals surface area (Å²) in [5, 5.41) is 12.8. The number of carbonyl (C=O) groups is 1. The summed E-state index contributed by atoms with van der Waals surface area (Å²) in [7, 11) is 0. The Labute approximate surface area is 162 Å². The van der Waals surface area contributed by atoms with Gasteiger partial charge in [0.15, 0.2) is 0 Å². The van der Waals surface area contributed by atoms with E-state index < -0.39 is 5.91 Å². The Hall–Kier alpha value is -3.29. The lowest BCUT2D eigenvalue weighted by molar-refractivity contribution is -0.112. The monoisotopic (exact) mass is 376 g/mol. The summed E-state index contributed by atoms with van der Waals surface area (Å²) in [4.78, 5) is 12.5. The van der Waals surface area contributed by atoms with Crippen molar-refractivity contribution in [2.24, 2.45) is 0 Å². The van der Waals surface area contributed by atoms with Crippen LogP contribution >= 0.6 is 11.6 Å². The molecular formula is C22H17ClN2O2. The molecule has 1 aromatic heterocycles.